The van der Waals surface area contributed by atoms with Crippen LogP contribution in [0.2, 0.25) is 0 Å². The predicted octanol–water partition coefficient (Wildman–Crippen LogP) is 1.82. The Morgan fingerprint density at radius 3 is 2.47 bits per heavy atom. The second-order valence-corrected chi connectivity index (χ2v) is 8.90. The Balaban J connectivity index is 2.17. The number of rotatable bonds is 14. The summed E-state index contributed by atoms with van der Waals surface area (Å²) in [5.74, 6) is -0.599. The summed E-state index contributed by atoms with van der Waals surface area (Å²) in [4.78, 5) is 12.3. The van der Waals surface area contributed by atoms with Gasteiger partial charge in [-0.3, -0.25) is 0 Å². The van der Waals surface area contributed by atoms with Crippen molar-refractivity contribution in [2.24, 2.45) is 0 Å². The number of aliphatic hydroxyl groups is 1. The van der Waals surface area contributed by atoms with E-state index in [2.05, 4.69) is 0 Å². The Hall–Kier alpha value is -2.70. The van der Waals surface area contributed by atoms with Gasteiger partial charge in [-0.25, -0.2) is 8.98 Å². The molecule has 0 heterocycles. The molecule has 0 aliphatic carbocycles. The number of aryl methyl sites for hydroxylation is 1. The maximum Gasteiger partial charge on any atom is 0.339 e. The summed E-state index contributed by atoms with van der Waals surface area (Å²) < 4.78 is 51.1. The van der Waals surface area contributed by atoms with E-state index in [4.69, 9.17) is 28.9 Å². The zero-order chi connectivity index (χ0) is 25.1. The van der Waals surface area contributed by atoms with Gasteiger partial charge in [0.25, 0.3) is 10.1 Å². The molecule has 0 aliphatic heterocycles. The maximum atomic E-state index is 12.7. The predicted molar refractivity (Wildman–Crippen MR) is 124 cm³/mol. The van der Waals surface area contributed by atoms with Crippen LogP contribution < -0.4 is 10.5 Å². The van der Waals surface area contributed by atoms with Crippen LogP contribution in [0.4, 0.5) is 5.69 Å². The molecule has 0 saturated carbocycles. The Kier molecular flexibility index (Phi) is 10.7. The highest BCUT2D eigenvalue weighted by molar-refractivity contribution is 7.86. The van der Waals surface area contributed by atoms with Crippen molar-refractivity contribution in [3.05, 3.63) is 53.6 Å². The first-order chi connectivity index (χ1) is 16.2. The molecule has 2 atom stereocenters. The molecule has 2 aromatic rings. The van der Waals surface area contributed by atoms with Crippen molar-refractivity contribution in [3.63, 3.8) is 0 Å². The van der Waals surface area contributed by atoms with Gasteiger partial charge in [0, 0.05) is 19.2 Å². The molecule has 0 bridgehead atoms. The normalized spacial score (nSPS) is 13.3. The minimum absolute atomic E-state index is 0.0233. The van der Waals surface area contributed by atoms with Gasteiger partial charge in [0.1, 0.15) is 5.75 Å². The van der Waals surface area contributed by atoms with Gasteiger partial charge in [0.05, 0.1) is 30.8 Å². The first-order valence-electron chi connectivity index (χ1n) is 10.6. The number of ether oxygens (including phenoxy) is 4. The highest BCUT2D eigenvalue weighted by atomic mass is 32.2. The highest BCUT2D eigenvalue weighted by Gasteiger charge is 2.35. The lowest BCUT2D eigenvalue weighted by molar-refractivity contribution is -0.156. The van der Waals surface area contributed by atoms with E-state index in [-0.39, 0.29) is 24.7 Å². The average Bonchev–Trinajstić information content (AvgIpc) is 2.79. The van der Waals surface area contributed by atoms with E-state index in [9.17, 15) is 18.3 Å². The van der Waals surface area contributed by atoms with Crippen molar-refractivity contribution >= 4 is 21.8 Å². The number of hydrogen-bond acceptors (Lipinski definition) is 10. The van der Waals surface area contributed by atoms with Crippen LogP contribution in [0.15, 0.2) is 47.4 Å². The summed E-state index contributed by atoms with van der Waals surface area (Å²) in [6.45, 7) is 4.08. The van der Waals surface area contributed by atoms with Crippen molar-refractivity contribution in [2.75, 3.05) is 39.5 Å². The van der Waals surface area contributed by atoms with E-state index >= 15 is 0 Å². The molecule has 188 valence electrons. The van der Waals surface area contributed by atoms with Crippen LogP contribution >= 0.6 is 0 Å². The number of nitrogens with two attached hydrogens (primary N) is 1. The molecule has 0 amide bonds. The number of hydrogen-bond donors (Lipinski definition) is 2. The highest BCUT2D eigenvalue weighted by Crippen LogP contribution is 2.24. The fraction of sp³-hybridized carbons (Fsp3) is 0.435. The fourth-order valence-electron chi connectivity index (χ4n) is 2.87. The van der Waals surface area contributed by atoms with Gasteiger partial charge in [-0.2, -0.15) is 8.42 Å². The number of benzene rings is 2. The standard InChI is InChI=1S/C23H31NO9S/c1-4-31-23(26)22(33-34(27,28)19-8-5-16(2)6-9-19)21(25)14-17-13-18(7-10-20(17)24)32-15-30-12-11-29-3/h5-10,13,21-22,25H,4,11-12,14-15,24H2,1-3H3/t21-,22+/m0/s1. The van der Waals surface area contributed by atoms with E-state index in [0.29, 0.717) is 30.2 Å². The Labute approximate surface area is 199 Å². The molecular formula is C23H31NO9S. The minimum atomic E-state index is -4.36. The van der Waals surface area contributed by atoms with Crippen LogP contribution in [0.5, 0.6) is 5.75 Å². The SMILES string of the molecule is CCOC(=O)[C@H](OS(=O)(=O)c1ccc(C)cc1)[C@@H](O)Cc1cc(OCOCCOC)ccc1N. The van der Waals surface area contributed by atoms with E-state index in [1.165, 1.54) is 12.1 Å². The minimum Gasteiger partial charge on any atom is -0.468 e. The number of methoxy groups -OCH3 is 1. The van der Waals surface area contributed by atoms with Gasteiger partial charge < -0.3 is 29.8 Å². The largest absolute Gasteiger partial charge is 0.468 e. The van der Waals surface area contributed by atoms with Crippen molar-refractivity contribution < 1.29 is 41.4 Å². The molecule has 3 N–H and O–H groups in total. The molecule has 0 fully saturated rings. The maximum absolute atomic E-state index is 12.7. The lowest BCUT2D eigenvalue weighted by Crippen LogP contribution is -2.41. The number of anilines is 1. The second kappa shape index (κ2) is 13.3. The van der Waals surface area contributed by atoms with Crippen LogP contribution in [0, 0.1) is 6.92 Å². The molecule has 0 saturated heterocycles. The molecule has 34 heavy (non-hydrogen) atoms. The summed E-state index contributed by atoms with van der Waals surface area (Å²) in [6, 6.07) is 10.6. The van der Waals surface area contributed by atoms with Gasteiger partial charge in [0.2, 0.25) is 6.10 Å². The van der Waals surface area contributed by atoms with E-state index in [1.54, 1.807) is 51.3 Å². The van der Waals surface area contributed by atoms with Gasteiger partial charge in [-0.1, -0.05) is 17.7 Å². The zero-order valence-electron chi connectivity index (χ0n) is 19.4. The van der Waals surface area contributed by atoms with Crippen molar-refractivity contribution in [1.29, 1.82) is 0 Å². The van der Waals surface area contributed by atoms with Gasteiger partial charge in [0.15, 0.2) is 6.79 Å². The van der Waals surface area contributed by atoms with Crippen LogP contribution in [-0.2, 0) is 39.7 Å². The number of carbonyl (C=O) groups excluding carboxylic acids is 1. The molecule has 11 heteroatoms. The van der Waals surface area contributed by atoms with E-state index < -0.39 is 28.3 Å². The van der Waals surface area contributed by atoms with Crippen LogP contribution in [0.25, 0.3) is 0 Å². The lowest BCUT2D eigenvalue weighted by Gasteiger charge is -2.22. The molecule has 0 unspecified atom stereocenters. The molecule has 0 aliphatic rings. The molecule has 10 nitrogen and oxygen atoms in total. The second-order valence-electron chi connectivity index (χ2n) is 7.33. The van der Waals surface area contributed by atoms with Crippen LogP contribution in [0.1, 0.15) is 18.1 Å². The Bertz CT molecular complexity index is 1030. The molecule has 0 radical (unpaired) electrons. The Morgan fingerprint density at radius 1 is 1.12 bits per heavy atom. The van der Waals surface area contributed by atoms with Crippen LogP contribution in [0.3, 0.4) is 0 Å². The molecule has 0 spiro atoms. The van der Waals surface area contributed by atoms with Gasteiger partial charge in [-0.05, 0) is 49.7 Å². The quantitative estimate of drug-likeness (QED) is 0.130. The summed E-state index contributed by atoms with van der Waals surface area (Å²) in [5.41, 5.74) is 7.60. The number of carbonyl (C=O) groups is 1. The summed E-state index contributed by atoms with van der Waals surface area (Å²) in [5, 5.41) is 10.8. The van der Waals surface area contributed by atoms with Gasteiger partial charge >= 0.3 is 5.97 Å². The smallest absolute Gasteiger partial charge is 0.339 e. The topological polar surface area (TPSA) is 144 Å². The number of esters is 1. The molecular weight excluding hydrogens is 466 g/mol. The third-order valence-electron chi connectivity index (χ3n) is 4.69. The van der Waals surface area contributed by atoms with E-state index in [0.717, 1.165) is 5.56 Å². The van der Waals surface area contributed by atoms with Crippen molar-refractivity contribution in [3.8, 4) is 5.75 Å². The molecule has 2 aromatic carbocycles. The van der Waals surface area contributed by atoms with Gasteiger partial charge in [-0.15, -0.1) is 0 Å². The first-order valence-corrected chi connectivity index (χ1v) is 12.0. The lowest BCUT2D eigenvalue weighted by atomic mass is 10.0. The number of nitrogen functional groups attached to an aromatic ring is 1. The van der Waals surface area contributed by atoms with Crippen LogP contribution in [-0.4, -0.2) is 65.4 Å². The summed E-state index contributed by atoms with van der Waals surface area (Å²) in [7, 11) is -2.80. The third-order valence-corrected chi connectivity index (χ3v) is 6.00. The fourth-order valence-corrected chi connectivity index (χ4v) is 3.93. The number of aliphatic hydroxyl groups excluding tert-OH is 1. The molecule has 0 aromatic heterocycles. The monoisotopic (exact) mass is 497 g/mol. The zero-order valence-corrected chi connectivity index (χ0v) is 20.2. The Morgan fingerprint density at radius 2 is 1.82 bits per heavy atom. The molecule has 2 rings (SSSR count). The van der Waals surface area contributed by atoms with E-state index in [1.807, 2.05) is 0 Å². The summed E-state index contributed by atoms with van der Waals surface area (Å²) in [6.07, 6.45) is -3.57. The average molecular weight is 498 g/mol. The summed E-state index contributed by atoms with van der Waals surface area (Å²) >= 11 is 0. The van der Waals surface area contributed by atoms with Crippen molar-refractivity contribution in [1.82, 2.24) is 0 Å². The third kappa shape index (κ3) is 8.26. The van der Waals surface area contributed by atoms with Crippen molar-refractivity contribution in [2.45, 2.75) is 37.4 Å². The first kappa shape index (κ1) is 27.5.